The van der Waals surface area contributed by atoms with E-state index in [-0.39, 0.29) is 0 Å². The Bertz CT molecular complexity index is 384. The van der Waals surface area contributed by atoms with Crippen LogP contribution < -0.4 is 0 Å². The lowest BCUT2D eigenvalue weighted by atomic mass is 10.0. The minimum Gasteiger partial charge on any atom is -0.374 e. The van der Waals surface area contributed by atoms with Gasteiger partial charge in [-0.2, -0.15) is 0 Å². The van der Waals surface area contributed by atoms with Crippen molar-refractivity contribution in [2.75, 3.05) is 19.8 Å². The van der Waals surface area contributed by atoms with Gasteiger partial charge in [0.25, 0.3) is 0 Å². The summed E-state index contributed by atoms with van der Waals surface area (Å²) in [5.74, 6) is 0.557. The SMILES string of the molecule is CCO[Si](CCCc1ccccc1CCl)(OCC)OCC. The molecule has 0 atom stereocenters. The highest BCUT2D eigenvalue weighted by Crippen LogP contribution is 2.21. The summed E-state index contributed by atoms with van der Waals surface area (Å²) in [7, 11) is -2.51. The zero-order valence-electron chi connectivity index (χ0n) is 13.4. The van der Waals surface area contributed by atoms with E-state index in [1.165, 1.54) is 11.1 Å². The van der Waals surface area contributed by atoms with Crippen LogP contribution in [0, 0.1) is 0 Å². The van der Waals surface area contributed by atoms with E-state index in [4.69, 9.17) is 24.9 Å². The van der Waals surface area contributed by atoms with Crippen LogP contribution in [0.2, 0.25) is 6.04 Å². The lowest BCUT2D eigenvalue weighted by Gasteiger charge is -2.28. The molecule has 0 aliphatic rings. The van der Waals surface area contributed by atoms with Crippen molar-refractivity contribution in [3.63, 3.8) is 0 Å². The van der Waals surface area contributed by atoms with Crippen molar-refractivity contribution < 1.29 is 13.3 Å². The number of hydrogen-bond acceptors (Lipinski definition) is 3. The van der Waals surface area contributed by atoms with Crippen molar-refractivity contribution in [1.29, 1.82) is 0 Å². The maximum atomic E-state index is 5.98. The van der Waals surface area contributed by atoms with Gasteiger partial charge in [0.15, 0.2) is 0 Å². The van der Waals surface area contributed by atoms with Crippen LogP contribution in [-0.4, -0.2) is 28.6 Å². The van der Waals surface area contributed by atoms with Crippen molar-refractivity contribution in [1.82, 2.24) is 0 Å². The van der Waals surface area contributed by atoms with Gasteiger partial charge in [-0.05, 0) is 44.7 Å². The van der Waals surface area contributed by atoms with Crippen LogP contribution in [0.4, 0.5) is 0 Å². The highest BCUT2D eigenvalue weighted by molar-refractivity contribution is 6.60. The maximum absolute atomic E-state index is 5.98. The van der Waals surface area contributed by atoms with E-state index in [0.717, 1.165) is 18.9 Å². The third-order valence-electron chi connectivity index (χ3n) is 3.28. The summed E-state index contributed by atoms with van der Waals surface area (Å²) in [5, 5.41) is 0. The molecule has 3 nitrogen and oxygen atoms in total. The van der Waals surface area contributed by atoms with Gasteiger partial charge in [-0.15, -0.1) is 11.6 Å². The standard InChI is InChI=1S/C16H27ClO3Si/c1-4-18-21(19-5-2,20-6-3)13-9-12-15-10-7-8-11-16(15)14-17/h7-8,10-11H,4-6,9,12-14H2,1-3H3. The Kier molecular flexibility index (Phi) is 9.20. The third-order valence-corrected chi connectivity index (χ3v) is 6.72. The number of rotatable bonds is 11. The molecule has 0 aromatic heterocycles. The van der Waals surface area contributed by atoms with E-state index >= 15 is 0 Å². The molecule has 5 heteroatoms. The Morgan fingerprint density at radius 2 is 1.43 bits per heavy atom. The number of halogens is 1. The van der Waals surface area contributed by atoms with Crippen LogP contribution in [0.25, 0.3) is 0 Å². The maximum Gasteiger partial charge on any atom is 0.500 e. The molecule has 0 saturated carbocycles. The fraction of sp³-hybridized carbons (Fsp3) is 0.625. The summed E-state index contributed by atoms with van der Waals surface area (Å²) in [6, 6.07) is 9.16. The van der Waals surface area contributed by atoms with E-state index in [1.54, 1.807) is 0 Å². The third kappa shape index (κ3) is 6.08. The van der Waals surface area contributed by atoms with E-state index in [9.17, 15) is 0 Å². The first-order valence-corrected chi connectivity index (χ1v) is 10.2. The molecular weight excluding hydrogens is 304 g/mol. The topological polar surface area (TPSA) is 27.7 Å². The first-order valence-electron chi connectivity index (χ1n) is 7.75. The Morgan fingerprint density at radius 3 is 1.90 bits per heavy atom. The molecule has 0 saturated heterocycles. The zero-order chi connectivity index (χ0) is 15.6. The van der Waals surface area contributed by atoms with Crippen LogP contribution >= 0.6 is 11.6 Å². The van der Waals surface area contributed by atoms with E-state index in [0.29, 0.717) is 25.7 Å². The van der Waals surface area contributed by atoms with Gasteiger partial charge in [-0.25, -0.2) is 0 Å². The fourth-order valence-corrected chi connectivity index (χ4v) is 5.30. The van der Waals surface area contributed by atoms with Crippen LogP contribution in [0.5, 0.6) is 0 Å². The molecule has 0 heterocycles. The smallest absolute Gasteiger partial charge is 0.374 e. The average molecular weight is 331 g/mol. The van der Waals surface area contributed by atoms with Crippen molar-refractivity contribution >= 4 is 20.4 Å². The number of hydrogen-bond donors (Lipinski definition) is 0. The molecule has 0 fully saturated rings. The summed E-state index contributed by atoms with van der Waals surface area (Å²) in [5.41, 5.74) is 2.51. The Balaban J connectivity index is 2.63. The first kappa shape index (κ1) is 18.7. The second-order valence-corrected chi connectivity index (χ2v) is 7.74. The van der Waals surface area contributed by atoms with Crippen LogP contribution in [0.3, 0.4) is 0 Å². The van der Waals surface area contributed by atoms with Crippen molar-refractivity contribution in [2.24, 2.45) is 0 Å². The Hall–Kier alpha value is -0.393. The number of alkyl halides is 1. The summed E-state index contributed by atoms with van der Waals surface area (Å²) in [4.78, 5) is 0. The molecule has 0 radical (unpaired) electrons. The molecule has 0 aliphatic carbocycles. The molecule has 1 aromatic rings. The number of aryl methyl sites for hydroxylation is 1. The molecule has 120 valence electrons. The summed E-state index contributed by atoms with van der Waals surface area (Å²) >= 11 is 5.98. The summed E-state index contributed by atoms with van der Waals surface area (Å²) in [6.07, 6.45) is 1.96. The molecule has 0 bridgehead atoms. The predicted molar refractivity (Wildman–Crippen MR) is 89.8 cm³/mol. The second-order valence-electron chi connectivity index (χ2n) is 4.74. The molecule has 0 N–H and O–H groups in total. The van der Waals surface area contributed by atoms with E-state index in [1.807, 2.05) is 26.8 Å². The van der Waals surface area contributed by atoms with Crippen molar-refractivity contribution in [3.05, 3.63) is 35.4 Å². The molecule has 0 amide bonds. The minimum atomic E-state index is -2.51. The van der Waals surface area contributed by atoms with Crippen molar-refractivity contribution in [3.8, 4) is 0 Å². The summed E-state index contributed by atoms with van der Waals surface area (Å²) < 4.78 is 17.6. The first-order chi connectivity index (χ1) is 10.2. The molecule has 0 unspecified atom stereocenters. The summed E-state index contributed by atoms with van der Waals surface area (Å²) in [6.45, 7) is 7.85. The van der Waals surface area contributed by atoms with E-state index < -0.39 is 8.80 Å². The Labute approximate surface area is 134 Å². The monoisotopic (exact) mass is 330 g/mol. The highest BCUT2D eigenvalue weighted by atomic mass is 35.5. The predicted octanol–water partition coefficient (Wildman–Crippen LogP) is 4.41. The molecule has 0 spiro atoms. The highest BCUT2D eigenvalue weighted by Gasteiger charge is 2.39. The van der Waals surface area contributed by atoms with E-state index in [2.05, 4.69) is 18.2 Å². The van der Waals surface area contributed by atoms with Gasteiger partial charge in [0, 0.05) is 31.7 Å². The molecule has 1 rings (SSSR count). The van der Waals surface area contributed by atoms with Gasteiger partial charge >= 0.3 is 8.80 Å². The van der Waals surface area contributed by atoms with Gasteiger partial charge in [0.05, 0.1) is 0 Å². The molecule has 0 aliphatic heterocycles. The van der Waals surface area contributed by atoms with Gasteiger partial charge in [0.2, 0.25) is 0 Å². The zero-order valence-corrected chi connectivity index (χ0v) is 15.1. The average Bonchev–Trinajstić information content (AvgIpc) is 2.48. The van der Waals surface area contributed by atoms with Gasteiger partial charge in [-0.1, -0.05) is 24.3 Å². The van der Waals surface area contributed by atoms with Crippen LogP contribution in [0.15, 0.2) is 24.3 Å². The normalized spacial score (nSPS) is 11.8. The van der Waals surface area contributed by atoms with Gasteiger partial charge in [0.1, 0.15) is 0 Å². The molecule has 1 aromatic carbocycles. The number of benzene rings is 1. The lowest BCUT2D eigenvalue weighted by molar-refractivity contribution is 0.0708. The van der Waals surface area contributed by atoms with Crippen LogP contribution in [-0.2, 0) is 25.6 Å². The van der Waals surface area contributed by atoms with Crippen LogP contribution in [0.1, 0.15) is 38.3 Å². The molecule has 21 heavy (non-hydrogen) atoms. The second kappa shape index (κ2) is 10.4. The van der Waals surface area contributed by atoms with Crippen molar-refractivity contribution in [2.45, 2.75) is 45.5 Å². The Morgan fingerprint density at radius 1 is 0.905 bits per heavy atom. The molecular formula is C16H27ClO3Si. The van der Waals surface area contributed by atoms with Gasteiger partial charge < -0.3 is 13.3 Å². The lowest BCUT2D eigenvalue weighted by Crippen LogP contribution is -2.46. The van der Waals surface area contributed by atoms with Gasteiger partial charge in [-0.3, -0.25) is 0 Å². The fourth-order valence-electron chi connectivity index (χ4n) is 2.43. The quantitative estimate of drug-likeness (QED) is 0.444. The largest absolute Gasteiger partial charge is 0.500 e. The minimum absolute atomic E-state index is 0.557.